The summed E-state index contributed by atoms with van der Waals surface area (Å²) >= 11 is 0.135. The zero-order valence-corrected chi connectivity index (χ0v) is 21.2. The Labute approximate surface area is 204 Å². The number of sulfonamides is 1. The van der Waals surface area contributed by atoms with Crippen LogP contribution in [0.4, 0.5) is 9.57 Å². The Bertz CT molecular complexity index is 1220. The number of hydrogen-bond donors (Lipinski definition) is 2. The number of carbonyl (C=O) groups is 1. The minimum Gasteiger partial charge on any atom is -0.388 e. The van der Waals surface area contributed by atoms with Crippen molar-refractivity contribution < 1.29 is 17.1 Å². The van der Waals surface area contributed by atoms with Crippen molar-refractivity contribution in [3.63, 3.8) is 0 Å². The molecule has 34 heavy (non-hydrogen) atoms. The van der Waals surface area contributed by atoms with E-state index in [2.05, 4.69) is 15.6 Å². The lowest BCUT2D eigenvalue weighted by molar-refractivity contribution is -0.124. The number of halogens is 1. The number of carbonyl (C=O) groups excluding carboxylic acids is 1. The van der Waals surface area contributed by atoms with Crippen molar-refractivity contribution in [1.82, 2.24) is 9.62 Å². The van der Waals surface area contributed by atoms with Crippen molar-refractivity contribution in [3.05, 3.63) is 58.7 Å². The number of anilines is 1. The number of rotatable bonds is 7. The summed E-state index contributed by atoms with van der Waals surface area (Å²) in [5.41, 5.74) is 3.85. The third kappa shape index (κ3) is 4.85. The Hall–Kier alpha value is -2.43. The van der Waals surface area contributed by atoms with Crippen LogP contribution in [0.5, 0.6) is 0 Å². The number of aryl methyl sites for hydroxylation is 2. The Morgan fingerprint density at radius 2 is 1.85 bits per heavy atom. The molecule has 0 atom stereocenters. The lowest BCUT2D eigenvalue weighted by atomic mass is 9.89. The zero-order valence-electron chi connectivity index (χ0n) is 19.5. The van der Waals surface area contributed by atoms with Gasteiger partial charge in [0.2, 0.25) is 10.0 Å². The maximum atomic E-state index is 13.1. The lowest BCUT2D eigenvalue weighted by Gasteiger charge is -2.34. The first-order valence-corrected chi connectivity index (χ1v) is 13.6. The summed E-state index contributed by atoms with van der Waals surface area (Å²) in [6, 6.07) is 10.8. The molecule has 0 radical (unpaired) electrons. The van der Waals surface area contributed by atoms with Crippen LogP contribution >= 0.6 is 12.1 Å². The highest BCUT2D eigenvalue weighted by atomic mass is 32.2. The third-order valence-corrected chi connectivity index (χ3v) is 9.02. The highest BCUT2D eigenvalue weighted by Gasteiger charge is 2.47. The highest BCUT2D eigenvalue weighted by Crippen LogP contribution is 2.33. The summed E-state index contributed by atoms with van der Waals surface area (Å²) in [4.78, 5) is 17.9. The molecule has 182 valence electrons. The molecular formula is C24H29FN4O3S2. The molecule has 0 bridgehead atoms. The van der Waals surface area contributed by atoms with E-state index in [-0.39, 0.29) is 36.9 Å². The molecule has 2 aliphatic heterocycles. The fourth-order valence-corrected chi connectivity index (χ4v) is 6.47. The monoisotopic (exact) mass is 504 g/mol. The number of hydrogen-bond acceptors (Lipinski definition) is 6. The van der Waals surface area contributed by atoms with E-state index >= 15 is 0 Å². The fraction of sp³-hybridized carbons (Fsp3) is 0.417. The molecule has 0 aromatic heterocycles. The number of nitrogens with zero attached hydrogens (tertiary/aromatic N) is 2. The second-order valence-electron chi connectivity index (χ2n) is 8.85. The normalized spacial score (nSPS) is 18.1. The molecule has 2 aromatic carbocycles. The van der Waals surface area contributed by atoms with Gasteiger partial charge in [-0.05, 0) is 74.1 Å². The predicted molar refractivity (Wildman–Crippen MR) is 135 cm³/mol. The number of piperidine rings is 1. The SMILES string of the molecule is CNc1cc(C)c(CCS(=O)(=O)N2CCC3(CC2)N=C(c2cccc(SF)c2)NC3=O)c(C)c1. The molecule has 2 aliphatic rings. The number of nitrogens with one attached hydrogen (secondary N) is 2. The standard InChI is InChI=1S/C24H29FN4O3S2/c1-16-13-19(26-3)14-17(2)21(16)7-12-34(31,32)29-10-8-24(9-11-29)23(30)27-22(28-24)18-5-4-6-20(15-18)33-25/h4-6,13-15,26H,7-12H2,1-3H3,(H,27,28,30). The summed E-state index contributed by atoms with van der Waals surface area (Å²) in [7, 11) is -1.62. The molecule has 2 N–H and O–H groups in total. The van der Waals surface area contributed by atoms with Crippen molar-refractivity contribution in [2.45, 2.75) is 43.5 Å². The molecule has 2 heterocycles. The van der Waals surface area contributed by atoms with Gasteiger partial charge in [-0.1, -0.05) is 12.1 Å². The molecule has 7 nitrogen and oxygen atoms in total. The van der Waals surface area contributed by atoms with E-state index in [9.17, 15) is 17.1 Å². The van der Waals surface area contributed by atoms with Crippen molar-refractivity contribution in [2.75, 3.05) is 31.2 Å². The van der Waals surface area contributed by atoms with Gasteiger partial charge in [-0.2, -0.15) is 3.89 Å². The largest absolute Gasteiger partial charge is 0.388 e. The Kier molecular flexibility index (Phi) is 7.02. The van der Waals surface area contributed by atoms with E-state index in [0.717, 1.165) is 22.4 Å². The second-order valence-corrected chi connectivity index (χ2v) is 11.6. The predicted octanol–water partition coefficient (Wildman–Crippen LogP) is 3.61. The Morgan fingerprint density at radius 3 is 2.47 bits per heavy atom. The maximum absolute atomic E-state index is 13.1. The minimum absolute atomic E-state index is 0.0228. The van der Waals surface area contributed by atoms with Crippen LogP contribution in [0.2, 0.25) is 0 Å². The van der Waals surface area contributed by atoms with Crippen LogP contribution in [0.1, 0.15) is 35.1 Å². The molecule has 0 unspecified atom stereocenters. The lowest BCUT2D eigenvalue weighted by Crippen LogP contribution is -2.50. The van der Waals surface area contributed by atoms with Gasteiger partial charge in [0.05, 0.1) is 17.9 Å². The van der Waals surface area contributed by atoms with Crippen LogP contribution in [0, 0.1) is 13.8 Å². The van der Waals surface area contributed by atoms with Crippen LogP contribution in [-0.4, -0.2) is 55.9 Å². The van der Waals surface area contributed by atoms with Crippen molar-refractivity contribution in [2.24, 2.45) is 4.99 Å². The van der Waals surface area contributed by atoms with E-state index < -0.39 is 15.6 Å². The van der Waals surface area contributed by atoms with Crippen molar-refractivity contribution in [3.8, 4) is 0 Å². The van der Waals surface area contributed by atoms with Gasteiger partial charge in [0.15, 0.2) is 0 Å². The molecule has 1 spiro atoms. The second kappa shape index (κ2) is 9.67. The smallest absolute Gasteiger partial charge is 0.253 e. The molecule has 1 amide bonds. The molecule has 10 heteroatoms. The van der Waals surface area contributed by atoms with Gasteiger partial charge >= 0.3 is 0 Å². The number of benzene rings is 2. The summed E-state index contributed by atoms with van der Waals surface area (Å²) in [5.74, 6) is 0.205. The van der Waals surface area contributed by atoms with Crippen LogP contribution in [0.15, 0.2) is 46.3 Å². The van der Waals surface area contributed by atoms with E-state index in [1.807, 2.05) is 33.0 Å². The summed E-state index contributed by atoms with van der Waals surface area (Å²) in [5, 5.41) is 5.93. The molecular weight excluding hydrogens is 475 g/mol. The van der Waals surface area contributed by atoms with Crippen LogP contribution in [0.3, 0.4) is 0 Å². The summed E-state index contributed by atoms with van der Waals surface area (Å²) in [6.07, 6.45) is 1.07. The molecule has 4 rings (SSSR count). The minimum atomic E-state index is -3.48. The van der Waals surface area contributed by atoms with E-state index in [0.29, 0.717) is 35.6 Å². The van der Waals surface area contributed by atoms with Gasteiger partial charge in [-0.3, -0.25) is 9.79 Å². The van der Waals surface area contributed by atoms with E-state index in [4.69, 9.17) is 0 Å². The quantitative estimate of drug-likeness (QED) is 0.601. The molecule has 0 saturated carbocycles. The van der Waals surface area contributed by atoms with E-state index in [1.165, 1.54) is 4.31 Å². The molecule has 2 aromatic rings. The van der Waals surface area contributed by atoms with Crippen LogP contribution in [0.25, 0.3) is 0 Å². The number of aliphatic imine (C=N–C) groups is 1. The molecule has 1 saturated heterocycles. The van der Waals surface area contributed by atoms with Crippen LogP contribution in [-0.2, 0) is 21.2 Å². The van der Waals surface area contributed by atoms with Gasteiger partial charge in [0.1, 0.15) is 11.4 Å². The first-order valence-electron chi connectivity index (χ1n) is 11.2. The first kappa shape index (κ1) is 24.7. The maximum Gasteiger partial charge on any atom is 0.253 e. The first-order chi connectivity index (χ1) is 16.2. The highest BCUT2D eigenvalue weighted by molar-refractivity contribution is 7.94. The van der Waals surface area contributed by atoms with Gasteiger partial charge in [-0.15, -0.1) is 0 Å². The average molecular weight is 505 g/mol. The summed E-state index contributed by atoms with van der Waals surface area (Å²) < 4.78 is 40.6. The topological polar surface area (TPSA) is 90.9 Å². The zero-order chi connectivity index (χ0) is 24.5. The van der Waals surface area contributed by atoms with Crippen LogP contribution < -0.4 is 10.6 Å². The average Bonchev–Trinajstić information content (AvgIpc) is 3.14. The van der Waals surface area contributed by atoms with E-state index in [1.54, 1.807) is 24.3 Å². The number of amidine groups is 1. The summed E-state index contributed by atoms with van der Waals surface area (Å²) in [6.45, 7) is 4.47. The third-order valence-electron chi connectivity index (χ3n) is 6.71. The van der Waals surface area contributed by atoms with Gasteiger partial charge in [0.25, 0.3) is 5.91 Å². The fourth-order valence-electron chi connectivity index (χ4n) is 4.71. The van der Waals surface area contributed by atoms with Gasteiger partial charge in [0, 0.05) is 36.3 Å². The molecule has 1 fully saturated rings. The Balaban J connectivity index is 1.43. The van der Waals surface area contributed by atoms with Gasteiger partial charge in [-0.25, -0.2) is 12.7 Å². The Morgan fingerprint density at radius 1 is 1.18 bits per heavy atom. The van der Waals surface area contributed by atoms with Gasteiger partial charge < -0.3 is 10.6 Å². The number of amides is 1. The molecule has 0 aliphatic carbocycles. The van der Waals surface area contributed by atoms with Crippen molar-refractivity contribution in [1.29, 1.82) is 0 Å². The van der Waals surface area contributed by atoms with Crippen molar-refractivity contribution >= 4 is 39.6 Å².